The number of para-hydroxylation sites is 2. The summed E-state index contributed by atoms with van der Waals surface area (Å²) < 4.78 is 0. The van der Waals surface area contributed by atoms with E-state index in [9.17, 15) is 9.59 Å². The Morgan fingerprint density at radius 3 is 2.58 bits per heavy atom. The van der Waals surface area contributed by atoms with E-state index in [2.05, 4.69) is 15.2 Å². The number of rotatable bonds is 5. The van der Waals surface area contributed by atoms with Crippen molar-refractivity contribution in [3.63, 3.8) is 0 Å². The predicted molar refractivity (Wildman–Crippen MR) is 122 cm³/mol. The number of amides is 2. The van der Waals surface area contributed by atoms with Gasteiger partial charge < -0.3 is 20.1 Å². The zero-order chi connectivity index (χ0) is 21.8. The largest absolute Gasteiger partial charge is 0.349 e. The van der Waals surface area contributed by atoms with Gasteiger partial charge in [-0.05, 0) is 31.0 Å². The van der Waals surface area contributed by atoms with Gasteiger partial charge in [-0.3, -0.25) is 9.59 Å². The summed E-state index contributed by atoms with van der Waals surface area (Å²) >= 11 is 0. The van der Waals surface area contributed by atoms with Crippen molar-refractivity contribution in [1.29, 1.82) is 0 Å². The van der Waals surface area contributed by atoms with Crippen molar-refractivity contribution >= 4 is 28.8 Å². The van der Waals surface area contributed by atoms with Gasteiger partial charge in [-0.15, -0.1) is 0 Å². The van der Waals surface area contributed by atoms with Crippen LogP contribution in [0.15, 0.2) is 48.5 Å². The number of aryl methyl sites for hydroxylation is 1. The van der Waals surface area contributed by atoms with Crippen LogP contribution in [-0.2, 0) is 9.59 Å². The fraction of sp³-hybridized carbons (Fsp3) is 0.375. The average molecular weight is 420 g/mol. The first kappa shape index (κ1) is 20.9. The highest BCUT2D eigenvalue weighted by Gasteiger charge is 2.24. The lowest BCUT2D eigenvalue weighted by Crippen LogP contribution is -2.38. The third kappa shape index (κ3) is 5.05. The van der Waals surface area contributed by atoms with Gasteiger partial charge in [0.15, 0.2) is 0 Å². The molecule has 0 saturated carbocycles. The van der Waals surface area contributed by atoms with Gasteiger partial charge in [0, 0.05) is 33.1 Å². The molecule has 0 aliphatic carbocycles. The molecular formula is C24H29N5O2. The Bertz CT molecular complexity index is 1030. The molecule has 3 aromatic rings. The molecule has 2 aromatic carbocycles. The molecule has 2 amide bonds. The van der Waals surface area contributed by atoms with E-state index in [1.807, 2.05) is 60.4 Å². The van der Waals surface area contributed by atoms with Crippen LogP contribution in [0.2, 0.25) is 0 Å². The predicted octanol–water partition coefficient (Wildman–Crippen LogP) is 3.18. The van der Waals surface area contributed by atoms with E-state index in [0.29, 0.717) is 13.1 Å². The number of imidazole rings is 1. The number of aromatic amines is 1. The molecule has 31 heavy (non-hydrogen) atoms. The van der Waals surface area contributed by atoms with Crippen LogP contribution < -0.4 is 10.2 Å². The Morgan fingerprint density at radius 2 is 1.84 bits per heavy atom. The van der Waals surface area contributed by atoms with Gasteiger partial charge in [-0.1, -0.05) is 42.0 Å². The van der Waals surface area contributed by atoms with Gasteiger partial charge in [-0.25, -0.2) is 4.98 Å². The van der Waals surface area contributed by atoms with Gasteiger partial charge in [-0.2, -0.15) is 0 Å². The van der Waals surface area contributed by atoms with Crippen molar-refractivity contribution < 1.29 is 9.59 Å². The van der Waals surface area contributed by atoms with Crippen LogP contribution in [0.25, 0.3) is 11.0 Å². The second-order valence-electron chi connectivity index (χ2n) is 8.17. The Balaban J connectivity index is 1.42. The SMILES string of the molecule is CC(=O)NC(CC(=O)N1CCCN(c2nc3ccccc3[nH]2)CC1)c1ccc(C)cc1. The molecule has 1 aliphatic rings. The second-order valence-corrected chi connectivity index (χ2v) is 8.17. The van der Waals surface area contributed by atoms with Gasteiger partial charge in [0.2, 0.25) is 17.8 Å². The number of carbonyl (C=O) groups is 2. The summed E-state index contributed by atoms with van der Waals surface area (Å²) in [7, 11) is 0. The minimum Gasteiger partial charge on any atom is -0.349 e. The Kier molecular flexibility index (Phi) is 6.21. The van der Waals surface area contributed by atoms with Gasteiger partial charge >= 0.3 is 0 Å². The summed E-state index contributed by atoms with van der Waals surface area (Å²) in [5.41, 5.74) is 4.07. The number of nitrogens with zero attached hydrogens (tertiary/aromatic N) is 3. The van der Waals surface area contributed by atoms with E-state index >= 15 is 0 Å². The maximum absolute atomic E-state index is 13.1. The lowest BCUT2D eigenvalue weighted by atomic mass is 10.0. The van der Waals surface area contributed by atoms with E-state index in [1.54, 1.807) is 0 Å². The molecule has 1 aliphatic heterocycles. The van der Waals surface area contributed by atoms with Gasteiger partial charge in [0.05, 0.1) is 23.5 Å². The fourth-order valence-corrected chi connectivity index (χ4v) is 4.07. The molecule has 7 nitrogen and oxygen atoms in total. The van der Waals surface area contributed by atoms with Crippen LogP contribution in [0.4, 0.5) is 5.95 Å². The molecule has 1 fully saturated rings. The summed E-state index contributed by atoms with van der Waals surface area (Å²) in [4.78, 5) is 37.0. The summed E-state index contributed by atoms with van der Waals surface area (Å²) in [6.45, 7) is 6.42. The van der Waals surface area contributed by atoms with E-state index in [4.69, 9.17) is 4.98 Å². The highest BCUT2D eigenvalue weighted by Crippen LogP contribution is 2.21. The summed E-state index contributed by atoms with van der Waals surface area (Å²) in [6.07, 6.45) is 1.13. The molecule has 2 heterocycles. The van der Waals surface area contributed by atoms with Crippen molar-refractivity contribution in [2.45, 2.75) is 32.7 Å². The molecule has 0 radical (unpaired) electrons. The Hall–Kier alpha value is -3.35. The van der Waals surface area contributed by atoms with Crippen LogP contribution in [0, 0.1) is 6.92 Å². The monoisotopic (exact) mass is 419 g/mol. The number of benzene rings is 2. The summed E-state index contributed by atoms with van der Waals surface area (Å²) in [5.74, 6) is 0.780. The molecule has 0 bridgehead atoms. The number of hydrogen-bond donors (Lipinski definition) is 2. The van der Waals surface area contributed by atoms with Crippen molar-refractivity contribution in [2.75, 3.05) is 31.1 Å². The van der Waals surface area contributed by atoms with E-state index in [0.717, 1.165) is 47.6 Å². The van der Waals surface area contributed by atoms with E-state index in [-0.39, 0.29) is 24.3 Å². The van der Waals surface area contributed by atoms with Crippen LogP contribution in [-0.4, -0.2) is 52.9 Å². The quantitative estimate of drug-likeness (QED) is 0.666. The topological polar surface area (TPSA) is 81.3 Å². The zero-order valence-corrected chi connectivity index (χ0v) is 18.1. The van der Waals surface area contributed by atoms with Crippen molar-refractivity contribution in [3.05, 3.63) is 59.7 Å². The van der Waals surface area contributed by atoms with Gasteiger partial charge in [0.1, 0.15) is 0 Å². The van der Waals surface area contributed by atoms with Crippen LogP contribution in [0.1, 0.15) is 36.9 Å². The number of aromatic nitrogens is 2. The number of anilines is 1. The molecule has 4 rings (SSSR count). The van der Waals surface area contributed by atoms with Crippen molar-refractivity contribution in [2.24, 2.45) is 0 Å². The summed E-state index contributed by atoms with van der Waals surface area (Å²) in [5, 5.41) is 2.94. The molecular weight excluding hydrogens is 390 g/mol. The third-order valence-electron chi connectivity index (χ3n) is 5.76. The normalized spacial score (nSPS) is 15.5. The molecule has 0 spiro atoms. The maximum Gasteiger partial charge on any atom is 0.225 e. The number of carbonyl (C=O) groups excluding carboxylic acids is 2. The number of H-pyrrole nitrogens is 1. The van der Waals surface area contributed by atoms with Crippen molar-refractivity contribution in [3.8, 4) is 0 Å². The highest BCUT2D eigenvalue weighted by atomic mass is 16.2. The lowest BCUT2D eigenvalue weighted by molar-refractivity contribution is -0.131. The smallest absolute Gasteiger partial charge is 0.225 e. The first-order valence-electron chi connectivity index (χ1n) is 10.8. The van der Waals surface area contributed by atoms with Crippen molar-refractivity contribution in [1.82, 2.24) is 20.2 Å². The molecule has 1 unspecified atom stereocenters. The Labute approximate surface area is 182 Å². The molecule has 1 saturated heterocycles. The van der Waals surface area contributed by atoms with E-state index < -0.39 is 0 Å². The molecule has 1 aromatic heterocycles. The number of hydrogen-bond acceptors (Lipinski definition) is 4. The highest BCUT2D eigenvalue weighted by molar-refractivity contribution is 5.80. The average Bonchev–Trinajstić information content (AvgIpc) is 3.02. The minimum absolute atomic E-state index is 0.0609. The first-order valence-corrected chi connectivity index (χ1v) is 10.8. The van der Waals surface area contributed by atoms with E-state index in [1.165, 1.54) is 6.92 Å². The minimum atomic E-state index is -0.319. The maximum atomic E-state index is 13.1. The third-order valence-corrected chi connectivity index (χ3v) is 5.76. The first-order chi connectivity index (χ1) is 15.0. The molecule has 162 valence electrons. The number of fused-ring (bicyclic) bond motifs is 1. The second kappa shape index (κ2) is 9.20. The molecule has 7 heteroatoms. The lowest BCUT2D eigenvalue weighted by Gasteiger charge is -2.25. The summed E-state index contributed by atoms with van der Waals surface area (Å²) in [6, 6.07) is 15.6. The molecule has 2 N–H and O–H groups in total. The fourth-order valence-electron chi connectivity index (χ4n) is 4.07. The molecule has 1 atom stereocenters. The van der Waals surface area contributed by atoms with Crippen LogP contribution >= 0.6 is 0 Å². The zero-order valence-electron chi connectivity index (χ0n) is 18.1. The van der Waals surface area contributed by atoms with Gasteiger partial charge in [0.25, 0.3) is 0 Å². The van der Waals surface area contributed by atoms with Crippen LogP contribution in [0.5, 0.6) is 0 Å². The standard InChI is InChI=1S/C24H29N5O2/c1-17-8-10-19(11-9-17)22(25-18(2)30)16-23(31)28-12-5-13-29(15-14-28)24-26-20-6-3-4-7-21(20)27-24/h3-4,6-11,22H,5,12-16H2,1-2H3,(H,25,30)(H,26,27). The van der Waals surface area contributed by atoms with Crippen LogP contribution in [0.3, 0.4) is 0 Å². The Morgan fingerprint density at radius 1 is 1.06 bits per heavy atom. The number of nitrogens with one attached hydrogen (secondary N) is 2.